The minimum atomic E-state index is -1.09. The Hall–Kier alpha value is -3.14. The van der Waals surface area contributed by atoms with Crippen LogP contribution in [0.1, 0.15) is 21.5 Å². The Morgan fingerprint density at radius 1 is 1.04 bits per heavy atom. The minimum Gasteiger partial charge on any atom is -0.489 e. The third-order valence-electron chi connectivity index (χ3n) is 3.92. The number of hydrogen-bond donors (Lipinski definition) is 1. The number of carboxylic acid groups (broad SMARTS) is 1. The van der Waals surface area contributed by atoms with Gasteiger partial charge >= 0.3 is 5.97 Å². The highest BCUT2D eigenvalue weighted by molar-refractivity contribution is 5.96. The van der Waals surface area contributed by atoms with E-state index < -0.39 is 11.8 Å². The van der Waals surface area contributed by atoms with Gasteiger partial charge in [0.15, 0.2) is 0 Å². The number of ether oxygens (including phenoxy) is 1. The molecule has 3 rings (SSSR count). The average Bonchev–Trinajstić information content (AvgIpc) is 2.63. The van der Waals surface area contributed by atoms with Gasteiger partial charge in [-0.05, 0) is 53.4 Å². The van der Waals surface area contributed by atoms with E-state index in [9.17, 15) is 14.3 Å². The lowest BCUT2D eigenvalue weighted by Crippen LogP contribution is -2.02. The fraction of sp³-hybridized carbons (Fsp3) is 0.0952. The predicted octanol–water partition coefficient (Wildman–Crippen LogP) is 5.08. The Morgan fingerprint density at radius 3 is 2.52 bits per heavy atom. The van der Waals surface area contributed by atoms with Gasteiger partial charge in [-0.15, -0.1) is 0 Å². The molecule has 0 bridgehead atoms. The van der Waals surface area contributed by atoms with Crippen LogP contribution in [0, 0.1) is 12.7 Å². The first-order chi connectivity index (χ1) is 12.0. The van der Waals surface area contributed by atoms with E-state index >= 15 is 0 Å². The fourth-order valence-electron chi connectivity index (χ4n) is 2.59. The van der Waals surface area contributed by atoms with Gasteiger partial charge in [-0.3, -0.25) is 0 Å². The van der Waals surface area contributed by atoms with Crippen molar-refractivity contribution in [2.75, 3.05) is 0 Å². The van der Waals surface area contributed by atoms with E-state index in [1.807, 2.05) is 30.3 Å². The molecule has 0 spiro atoms. The number of carbonyl (C=O) groups is 1. The molecule has 0 aliphatic heterocycles. The predicted molar refractivity (Wildman–Crippen MR) is 94.3 cm³/mol. The smallest absolute Gasteiger partial charge is 0.336 e. The molecule has 0 amide bonds. The van der Waals surface area contributed by atoms with Crippen molar-refractivity contribution in [3.05, 3.63) is 89.2 Å². The van der Waals surface area contributed by atoms with Crippen molar-refractivity contribution in [2.24, 2.45) is 0 Å². The number of aryl methyl sites for hydroxylation is 1. The quantitative estimate of drug-likeness (QED) is 0.707. The lowest BCUT2D eigenvalue weighted by atomic mass is 9.97. The van der Waals surface area contributed by atoms with E-state index in [4.69, 9.17) is 4.74 Å². The molecule has 0 saturated carbocycles. The van der Waals surface area contributed by atoms with E-state index in [-0.39, 0.29) is 5.56 Å². The molecule has 0 aliphatic carbocycles. The molecule has 0 unspecified atom stereocenters. The van der Waals surface area contributed by atoms with Crippen molar-refractivity contribution in [1.29, 1.82) is 0 Å². The highest BCUT2D eigenvalue weighted by Gasteiger charge is 2.15. The zero-order valence-corrected chi connectivity index (χ0v) is 13.7. The second kappa shape index (κ2) is 7.18. The van der Waals surface area contributed by atoms with Gasteiger partial charge in [0.05, 0.1) is 5.56 Å². The maximum absolute atomic E-state index is 14.0. The summed E-state index contributed by atoms with van der Waals surface area (Å²) >= 11 is 0. The molecule has 4 heteroatoms. The van der Waals surface area contributed by atoms with Crippen LogP contribution in [0.3, 0.4) is 0 Å². The van der Waals surface area contributed by atoms with Crippen molar-refractivity contribution in [3.63, 3.8) is 0 Å². The van der Waals surface area contributed by atoms with Gasteiger partial charge < -0.3 is 9.84 Å². The van der Waals surface area contributed by atoms with E-state index in [1.165, 1.54) is 12.1 Å². The van der Waals surface area contributed by atoms with Crippen molar-refractivity contribution >= 4 is 5.97 Å². The van der Waals surface area contributed by atoms with E-state index in [0.717, 1.165) is 5.56 Å². The standard InChI is InChI=1S/C21H17FO3/c1-14-10-19(21(23)24)18(12-20(14)22)16-8-5-9-17(11-16)25-13-15-6-3-2-4-7-15/h2-12H,13H2,1H3,(H,23,24). The molecule has 0 radical (unpaired) electrons. The van der Waals surface area contributed by atoms with E-state index in [0.29, 0.717) is 29.0 Å². The Labute approximate surface area is 145 Å². The topological polar surface area (TPSA) is 46.5 Å². The highest BCUT2D eigenvalue weighted by atomic mass is 19.1. The van der Waals surface area contributed by atoms with Crippen LogP contribution < -0.4 is 4.74 Å². The van der Waals surface area contributed by atoms with Gasteiger partial charge in [-0.2, -0.15) is 0 Å². The summed E-state index contributed by atoms with van der Waals surface area (Å²) in [6.45, 7) is 1.95. The zero-order valence-electron chi connectivity index (χ0n) is 13.7. The molecule has 25 heavy (non-hydrogen) atoms. The van der Waals surface area contributed by atoms with Crippen LogP contribution in [0.25, 0.3) is 11.1 Å². The van der Waals surface area contributed by atoms with Gasteiger partial charge in [0.25, 0.3) is 0 Å². The molecular formula is C21H17FO3. The van der Waals surface area contributed by atoms with Crippen molar-refractivity contribution in [1.82, 2.24) is 0 Å². The largest absolute Gasteiger partial charge is 0.489 e. The molecule has 1 N–H and O–H groups in total. The van der Waals surface area contributed by atoms with Crippen LogP contribution in [-0.2, 0) is 6.61 Å². The first-order valence-corrected chi connectivity index (χ1v) is 7.85. The molecule has 0 saturated heterocycles. The molecule has 0 aliphatic rings. The summed E-state index contributed by atoms with van der Waals surface area (Å²) in [5, 5.41) is 9.41. The zero-order chi connectivity index (χ0) is 17.8. The molecule has 3 aromatic rings. The number of benzene rings is 3. The van der Waals surface area contributed by atoms with Crippen LogP contribution >= 0.6 is 0 Å². The van der Waals surface area contributed by atoms with E-state index in [2.05, 4.69) is 0 Å². The summed E-state index contributed by atoms with van der Waals surface area (Å²) in [7, 11) is 0. The van der Waals surface area contributed by atoms with Gasteiger partial charge in [-0.25, -0.2) is 9.18 Å². The summed E-state index contributed by atoms with van der Waals surface area (Å²) in [4.78, 5) is 11.5. The molecule has 3 aromatic carbocycles. The fourth-order valence-corrected chi connectivity index (χ4v) is 2.59. The molecule has 0 aromatic heterocycles. The third kappa shape index (κ3) is 3.86. The van der Waals surface area contributed by atoms with Crippen LogP contribution in [0.15, 0.2) is 66.7 Å². The third-order valence-corrected chi connectivity index (χ3v) is 3.92. The number of aromatic carboxylic acids is 1. The lowest BCUT2D eigenvalue weighted by molar-refractivity contribution is 0.0697. The van der Waals surface area contributed by atoms with Crippen molar-refractivity contribution < 1.29 is 19.0 Å². The number of halogens is 1. The van der Waals surface area contributed by atoms with Crippen molar-refractivity contribution in [3.8, 4) is 16.9 Å². The summed E-state index contributed by atoms with van der Waals surface area (Å²) < 4.78 is 19.7. The van der Waals surface area contributed by atoms with Gasteiger partial charge in [0, 0.05) is 0 Å². The van der Waals surface area contributed by atoms with Gasteiger partial charge in [0.2, 0.25) is 0 Å². The Bertz CT molecular complexity index is 904. The van der Waals surface area contributed by atoms with Crippen LogP contribution in [-0.4, -0.2) is 11.1 Å². The van der Waals surface area contributed by atoms with Crippen molar-refractivity contribution in [2.45, 2.75) is 13.5 Å². The highest BCUT2D eigenvalue weighted by Crippen LogP contribution is 2.29. The first-order valence-electron chi connectivity index (χ1n) is 7.85. The lowest BCUT2D eigenvalue weighted by Gasteiger charge is -2.11. The summed E-state index contributed by atoms with van der Waals surface area (Å²) in [5.41, 5.74) is 2.33. The SMILES string of the molecule is Cc1cc(C(=O)O)c(-c2cccc(OCc3ccccc3)c2)cc1F. The molecular weight excluding hydrogens is 319 g/mol. The molecule has 0 heterocycles. The van der Waals surface area contributed by atoms with Crippen LogP contribution in [0.4, 0.5) is 4.39 Å². The second-order valence-corrected chi connectivity index (χ2v) is 5.75. The Kier molecular flexibility index (Phi) is 4.80. The monoisotopic (exact) mass is 336 g/mol. The maximum atomic E-state index is 14.0. The van der Waals surface area contributed by atoms with Crippen LogP contribution in [0.5, 0.6) is 5.75 Å². The van der Waals surface area contributed by atoms with Crippen LogP contribution in [0.2, 0.25) is 0 Å². The number of hydrogen-bond acceptors (Lipinski definition) is 2. The normalized spacial score (nSPS) is 10.5. The first kappa shape index (κ1) is 16.7. The summed E-state index contributed by atoms with van der Waals surface area (Å²) in [5.74, 6) is -0.928. The molecule has 126 valence electrons. The van der Waals surface area contributed by atoms with Gasteiger partial charge in [0.1, 0.15) is 18.2 Å². The molecule has 3 nitrogen and oxygen atoms in total. The average molecular weight is 336 g/mol. The number of rotatable bonds is 5. The number of carboxylic acids is 1. The minimum absolute atomic E-state index is 0.0686. The molecule has 0 fully saturated rings. The van der Waals surface area contributed by atoms with E-state index in [1.54, 1.807) is 31.2 Å². The maximum Gasteiger partial charge on any atom is 0.336 e. The molecule has 0 atom stereocenters. The Balaban J connectivity index is 1.91. The summed E-state index contributed by atoms with van der Waals surface area (Å²) in [6, 6.07) is 19.3. The summed E-state index contributed by atoms with van der Waals surface area (Å²) in [6.07, 6.45) is 0. The second-order valence-electron chi connectivity index (χ2n) is 5.75. The van der Waals surface area contributed by atoms with Gasteiger partial charge in [-0.1, -0.05) is 42.5 Å². The Morgan fingerprint density at radius 2 is 1.80 bits per heavy atom.